The van der Waals surface area contributed by atoms with E-state index < -0.39 is 0 Å². The number of methoxy groups -OCH3 is 1. The van der Waals surface area contributed by atoms with E-state index in [0.29, 0.717) is 0 Å². The SMILES string of the molecule is COc1ccc(CCNc2ccc(Oc3ccccc3)cc2)cc1. The van der Waals surface area contributed by atoms with Gasteiger partial charge in [-0.2, -0.15) is 0 Å². The Morgan fingerprint density at radius 2 is 1.33 bits per heavy atom. The van der Waals surface area contributed by atoms with Crippen LogP contribution in [0.5, 0.6) is 17.2 Å². The number of hydrogen-bond donors (Lipinski definition) is 1. The molecular weight excluding hydrogens is 298 g/mol. The van der Waals surface area contributed by atoms with Gasteiger partial charge in [0.1, 0.15) is 17.2 Å². The van der Waals surface area contributed by atoms with Crippen molar-refractivity contribution < 1.29 is 9.47 Å². The number of para-hydroxylation sites is 1. The van der Waals surface area contributed by atoms with Crippen LogP contribution in [0.1, 0.15) is 5.56 Å². The van der Waals surface area contributed by atoms with Gasteiger partial charge in [0, 0.05) is 12.2 Å². The summed E-state index contributed by atoms with van der Waals surface area (Å²) in [6.07, 6.45) is 0.965. The predicted molar refractivity (Wildman–Crippen MR) is 98.1 cm³/mol. The first-order chi connectivity index (χ1) is 11.8. The third kappa shape index (κ3) is 4.53. The molecule has 0 unspecified atom stereocenters. The molecule has 0 aromatic heterocycles. The number of rotatable bonds is 7. The van der Waals surface area contributed by atoms with Crippen molar-refractivity contribution in [2.75, 3.05) is 19.0 Å². The second-order valence-corrected chi connectivity index (χ2v) is 5.46. The molecule has 0 saturated heterocycles. The van der Waals surface area contributed by atoms with Gasteiger partial charge in [0.05, 0.1) is 7.11 Å². The van der Waals surface area contributed by atoms with E-state index in [0.717, 1.165) is 35.9 Å². The maximum Gasteiger partial charge on any atom is 0.127 e. The molecule has 122 valence electrons. The van der Waals surface area contributed by atoms with E-state index >= 15 is 0 Å². The maximum absolute atomic E-state index is 5.79. The van der Waals surface area contributed by atoms with Gasteiger partial charge in [-0.15, -0.1) is 0 Å². The Hall–Kier alpha value is -2.94. The van der Waals surface area contributed by atoms with Gasteiger partial charge in [0.15, 0.2) is 0 Å². The highest BCUT2D eigenvalue weighted by molar-refractivity contribution is 5.47. The molecule has 24 heavy (non-hydrogen) atoms. The van der Waals surface area contributed by atoms with Crippen LogP contribution in [0.25, 0.3) is 0 Å². The first-order valence-corrected chi connectivity index (χ1v) is 8.03. The van der Waals surface area contributed by atoms with Crippen LogP contribution in [-0.2, 0) is 6.42 Å². The first-order valence-electron chi connectivity index (χ1n) is 8.03. The van der Waals surface area contributed by atoms with Crippen molar-refractivity contribution in [1.29, 1.82) is 0 Å². The van der Waals surface area contributed by atoms with Crippen LogP contribution in [-0.4, -0.2) is 13.7 Å². The van der Waals surface area contributed by atoms with Gasteiger partial charge in [-0.05, 0) is 60.5 Å². The third-order valence-electron chi connectivity index (χ3n) is 3.74. The number of hydrogen-bond acceptors (Lipinski definition) is 3. The quantitative estimate of drug-likeness (QED) is 0.654. The summed E-state index contributed by atoms with van der Waals surface area (Å²) in [7, 11) is 1.68. The van der Waals surface area contributed by atoms with E-state index in [9.17, 15) is 0 Å². The molecule has 3 aromatic rings. The van der Waals surface area contributed by atoms with Crippen LogP contribution in [0.4, 0.5) is 5.69 Å². The van der Waals surface area contributed by atoms with Gasteiger partial charge in [-0.3, -0.25) is 0 Å². The minimum atomic E-state index is 0.835. The molecule has 0 atom stereocenters. The van der Waals surface area contributed by atoms with Crippen molar-refractivity contribution in [3.05, 3.63) is 84.4 Å². The summed E-state index contributed by atoms with van der Waals surface area (Å²) in [6, 6.07) is 26.0. The fourth-order valence-corrected chi connectivity index (χ4v) is 2.41. The van der Waals surface area contributed by atoms with Gasteiger partial charge in [0.2, 0.25) is 0 Å². The fraction of sp³-hybridized carbons (Fsp3) is 0.143. The molecule has 0 heterocycles. The Kier molecular flexibility index (Phi) is 5.36. The van der Waals surface area contributed by atoms with Gasteiger partial charge in [-0.25, -0.2) is 0 Å². The maximum atomic E-state index is 5.79. The Labute approximate surface area is 142 Å². The lowest BCUT2D eigenvalue weighted by Crippen LogP contribution is -2.04. The topological polar surface area (TPSA) is 30.5 Å². The van der Waals surface area contributed by atoms with Crippen molar-refractivity contribution in [3.8, 4) is 17.2 Å². The predicted octanol–water partition coefficient (Wildman–Crippen LogP) is 5.14. The molecule has 3 nitrogen and oxygen atoms in total. The standard InChI is InChI=1S/C21H21NO2/c1-23-19-11-7-17(8-12-19)15-16-22-18-9-13-21(14-10-18)24-20-5-3-2-4-6-20/h2-14,22H,15-16H2,1H3. The summed E-state index contributed by atoms with van der Waals surface area (Å²) in [5, 5.41) is 3.43. The lowest BCUT2D eigenvalue weighted by atomic mass is 10.1. The van der Waals surface area contributed by atoms with Crippen LogP contribution in [0, 0.1) is 0 Å². The highest BCUT2D eigenvalue weighted by atomic mass is 16.5. The van der Waals surface area contributed by atoms with Gasteiger partial charge in [0.25, 0.3) is 0 Å². The number of ether oxygens (including phenoxy) is 2. The molecule has 0 radical (unpaired) electrons. The van der Waals surface area contributed by atoms with E-state index in [2.05, 4.69) is 17.4 Å². The Balaban J connectivity index is 1.49. The molecule has 1 N–H and O–H groups in total. The van der Waals surface area contributed by atoms with Crippen LogP contribution < -0.4 is 14.8 Å². The first kappa shape index (κ1) is 15.9. The molecule has 3 heteroatoms. The zero-order valence-electron chi connectivity index (χ0n) is 13.7. The summed E-state index contributed by atoms with van der Waals surface area (Å²) in [5.41, 5.74) is 2.37. The normalized spacial score (nSPS) is 10.2. The Bertz CT molecular complexity index is 737. The van der Waals surface area contributed by atoms with Crippen molar-refractivity contribution in [2.45, 2.75) is 6.42 Å². The van der Waals surface area contributed by atoms with Crippen molar-refractivity contribution in [1.82, 2.24) is 0 Å². The molecule has 3 rings (SSSR count). The van der Waals surface area contributed by atoms with Crippen LogP contribution in [0.2, 0.25) is 0 Å². The highest BCUT2D eigenvalue weighted by Gasteiger charge is 1.98. The second kappa shape index (κ2) is 8.06. The lowest BCUT2D eigenvalue weighted by molar-refractivity contribution is 0.414. The monoisotopic (exact) mass is 319 g/mol. The summed E-state index contributed by atoms with van der Waals surface area (Å²) >= 11 is 0. The summed E-state index contributed by atoms with van der Waals surface area (Å²) in [5.74, 6) is 2.57. The zero-order valence-corrected chi connectivity index (χ0v) is 13.7. The average molecular weight is 319 g/mol. The Morgan fingerprint density at radius 3 is 2.00 bits per heavy atom. The molecule has 3 aromatic carbocycles. The van der Waals surface area contributed by atoms with E-state index in [4.69, 9.17) is 9.47 Å². The second-order valence-electron chi connectivity index (χ2n) is 5.46. The van der Waals surface area contributed by atoms with E-state index in [1.165, 1.54) is 5.56 Å². The average Bonchev–Trinajstić information content (AvgIpc) is 2.65. The third-order valence-corrected chi connectivity index (χ3v) is 3.74. The molecule has 0 amide bonds. The zero-order chi connectivity index (χ0) is 16.6. The van der Waals surface area contributed by atoms with Crippen LogP contribution in [0.15, 0.2) is 78.9 Å². The van der Waals surface area contributed by atoms with Crippen molar-refractivity contribution >= 4 is 5.69 Å². The molecule has 0 bridgehead atoms. The molecule has 0 fully saturated rings. The Morgan fingerprint density at radius 1 is 0.708 bits per heavy atom. The largest absolute Gasteiger partial charge is 0.497 e. The summed E-state index contributed by atoms with van der Waals surface area (Å²) in [6.45, 7) is 0.880. The number of benzene rings is 3. The van der Waals surface area contributed by atoms with Crippen LogP contribution >= 0.6 is 0 Å². The molecule has 0 saturated carbocycles. The summed E-state index contributed by atoms with van der Waals surface area (Å²) < 4.78 is 11.0. The molecule has 0 aliphatic carbocycles. The highest BCUT2D eigenvalue weighted by Crippen LogP contribution is 2.22. The fourth-order valence-electron chi connectivity index (χ4n) is 2.41. The van der Waals surface area contributed by atoms with Gasteiger partial charge < -0.3 is 14.8 Å². The molecule has 0 aliphatic heterocycles. The molecule has 0 spiro atoms. The van der Waals surface area contributed by atoms with E-state index in [1.54, 1.807) is 7.11 Å². The minimum Gasteiger partial charge on any atom is -0.497 e. The number of anilines is 1. The van der Waals surface area contributed by atoms with E-state index in [-0.39, 0.29) is 0 Å². The number of nitrogens with one attached hydrogen (secondary N) is 1. The lowest BCUT2D eigenvalue weighted by Gasteiger charge is -2.09. The smallest absolute Gasteiger partial charge is 0.127 e. The van der Waals surface area contributed by atoms with Crippen molar-refractivity contribution in [3.63, 3.8) is 0 Å². The minimum absolute atomic E-state index is 0.835. The summed E-state index contributed by atoms with van der Waals surface area (Å²) in [4.78, 5) is 0. The van der Waals surface area contributed by atoms with Crippen LogP contribution in [0.3, 0.4) is 0 Å². The van der Waals surface area contributed by atoms with Crippen molar-refractivity contribution in [2.24, 2.45) is 0 Å². The van der Waals surface area contributed by atoms with Gasteiger partial charge in [-0.1, -0.05) is 30.3 Å². The van der Waals surface area contributed by atoms with E-state index in [1.807, 2.05) is 66.7 Å². The molecule has 0 aliphatic rings. The molecular formula is C21H21NO2. The van der Waals surface area contributed by atoms with Gasteiger partial charge >= 0.3 is 0 Å².